The van der Waals surface area contributed by atoms with Crippen molar-refractivity contribution in [2.45, 2.75) is 6.61 Å². The predicted octanol–water partition coefficient (Wildman–Crippen LogP) is 3.99. The number of para-hydroxylation sites is 1. The SMILES string of the molecule is COc1ccc([N+](=O)[O-])cc1OC(=O)c1occc1COc1ccccc1. The average Bonchev–Trinajstić information content (AvgIpc) is 3.16. The molecule has 0 aliphatic carbocycles. The third kappa shape index (κ3) is 4.24. The summed E-state index contributed by atoms with van der Waals surface area (Å²) < 4.78 is 21.1. The van der Waals surface area contributed by atoms with Gasteiger partial charge in [-0.3, -0.25) is 10.1 Å². The second kappa shape index (κ2) is 8.05. The molecular weight excluding hydrogens is 354 g/mol. The Morgan fingerprint density at radius 3 is 2.59 bits per heavy atom. The van der Waals surface area contributed by atoms with E-state index in [1.54, 1.807) is 18.2 Å². The highest BCUT2D eigenvalue weighted by molar-refractivity contribution is 5.90. The number of non-ortho nitro benzene ring substituents is 1. The van der Waals surface area contributed by atoms with Gasteiger partial charge in [0.2, 0.25) is 5.76 Å². The van der Waals surface area contributed by atoms with Gasteiger partial charge >= 0.3 is 5.97 Å². The number of carbonyl (C=O) groups excluding carboxylic acids is 1. The number of hydrogen-bond donors (Lipinski definition) is 0. The van der Waals surface area contributed by atoms with Crippen LogP contribution in [0, 0.1) is 10.1 Å². The van der Waals surface area contributed by atoms with Crippen LogP contribution < -0.4 is 14.2 Å². The normalized spacial score (nSPS) is 10.3. The van der Waals surface area contributed by atoms with Crippen LogP contribution in [0.5, 0.6) is 17.2 Å². The van der Waals surface area contributed by atoms with Crippen molar-refractivity contribution < 1.29 is 28.3 Å². The van der Waals surface area contributed by atoms with E-state index < -0.39 is 10.9 Å². The summed E-state index contributed by atoms with van der Waals surface area (Å²) >= 11 is 0. The van der Waals surface area contributed by atoms with Crippen LogP contribution in [-0.2, 0) is 6.61 Å². The number of nitro benzene ring substituents is 1. The summed E-state index contributed by atoms with van der Waals surface area (Å²) in [7, 11) is 1.37. The molecule has 0 atom stereocenters. The molecule has 0 N–H and O–H groups in total. The number of rotatable bonds is 7. The Kier molecular flexibility index (Phi) is 5.36. The Balaban J connectivity index is 1.77. The standard InChI is InChI=1S/C19H15NO7/c1-24-16-8-7-14(20(22)23)11-17(16)27-19(21)18-13(9-10-25-18)12-26-15-5-3-2-4-6-15/h2-11H,12H2,1H3. The van der Waals surface area contributed by atoms with Gasteiger partial charge in [-0.1, -0.05) is 18.2 Å². The van der Waals surface area contributed by atoms with E-state index in [0.29, 0.717) is 11.3 Å². The topological polar surface area (TPSA) is 101 Å². The first-order valence-electron chi connectivity index (χ1n) is 7.87. The first-order valence-corrected chi connectivity index (χ1v) is 7.87. The van der Waals surface area contributed by atoms with Gasteiger partial charge in [0, 0.05) is 11.6 Å². The highest BCUT2D eigenvalue weighted by Gasteiger charge is 2.21. The van der Waals surface area contributed by atoms with Gasteiger partial charge in [0.15, 0.2) is 11.5 Å². The molecule has 2 aromatic carbocycles. The predicted molar refractivity (Wildman–Crippen MR) is 94.1 cm³/mol. The summed E-state index contributed by atoms with van der Waals surface area (Å²) in [5.41, 5.74) is 0.249. The molecule has 0 spiro atoms. The first kappa shape index (κ1) is 18.0. The fraction of sp³-hybridized carbons (Fsp3) is 0.105. The molecule has 0 bridgehead atoms. The molecule has 8 heteroatoms. The lowest BCUT2D eigenvalue weighted by Gasteiger charge is -2.09. The van der Waals surface area contributed by atoms with Gasteiger partial charge < -0.3 is 18.6 Å². The van der Waals surface area contributed by atoms with Crippen LogP contribution in [0.4, 0.5) is 5.69 Å². The van der Waals surface area contributed by atoms with Crippen molar-refractivity contribution in [1.29, 1.82) is 0 Å². The van der Waals surface area contributed by atoms with Gasteiger partial charge in [-0.2, -0.15) is 0 Å². The molecule has 138 valence electrons. The van der Waals surface area contributed by atoms with Crippen molar-refractivity contribution >= 4 is 11.7 Å². The van der Waals surface area contributed by atoms with E-state index >= 15 is 0 Å². The Morgan fingerprint density at radius 1 is 1.11 bits per heavy atom. The minimum Gasteiger partial charge on any atom is -0.493 e. The highest BCUT2D eigenvalue weighted by atomic mass is 16.6. The van der Waals surface area contributed by atoms with E-state index in [4.69, 9.17) is 18.6 Å². The quantitative estimate of drug-likeness (QED) is 0.268. The summed E-state index contributed by atoms with van der Waals surface area (Å²) in [6, 6.07) is 14.4. The van der Waals surface area contributed by atoms with Gasteiger partial charge in [0.05, 0.1) is 24.4 Å². The summed E-state index contributed by atoms with van der Waals surface area (Å²) in [5, 5.41) is 10.9. The largest absolute Gasteiger partial charge is 0.493 e. The zero-order chi connectivity index (χ0) is 19.2. The molecule has 8 nitrogen and oxygen atoms in total. The van der Waals surface area contributed by atoms with E-state index in [0.717, 1.165) is 6.07 Å². The van der Waals surface area contributed by atoms with Gasteiger partial charge in [-0.25, -0.2) is 4.79 Å². The molecule has 0 saturated carbocycles. The van der Waals surface area contributed by atoms with E-state index in [1.807, 2.05) is 18.2 Å². The molecule has 0 amide bonds. The fourth-order valence-electron chi connectivity index (χ4n) is 2.31. The second-order valence-electron chi connectivity index (χ2n) is 5.36. The third-order valence-electron chi connectivity index (χ3n) is 3.63. The Hall–Kier alpha value is -3.81. The molecular formula is C19H15NO7. The fourth-order valence-corrected chi connectivity index (χ4v) is 2.31. The molecule has 3 aromatic rings. The van der Waals surface area contributed by atoms with Crippen LogP contribution in [0.1, 0.15) is 16.1 Å². The molecule has 0 aliphatic heterocycles. The molecule has 0 aliphatic rings. The van der Waals surface area contributed by atoms with E-state index in [9.17, 15) is 14.9 Å². The first-order chi connectivity index (χ1) is 13.1. The maximum atomic E-state index is 12.5. The van der Waals surface area contributed by atoms with Crippen LogP contribution in [0.25, 0.3) is 0 Å². The summed E-state index contributed by atoms with van der Waals surface area (Å²) in [6.07, 6.45) is 1.34. The second-order valence-corrected chi connectivity index (χ2v) is 5.36. The van der Waals surface area contributed by atoms with Crippen molar-refractivity contribution in [1.82, 2.24) is 0 Å². The number of methoxy groups -OCH3 is 1. The summed E-state index contributed by atoms with van der Waals surface area (Å²) in [4.78, 5) is 22.8. The zero-order valence-electron chi connectivity index (χ0n) is 14.3. The number of nitro groups is 1. The molecule has 1 heterocycles. The minimum absolute atomic E-state index is 0.0560. The van der Waals surface area contributed by atoms with Crippen LogP contribution in [0.2, 0.25) is 0 Å². The molecule has 0 unspecified atom stereocenters. The van der Waals surface area contributed by atoms with Crippen LogP contribution in [0.3, 0.4) is 0 Å². The summed E-state index contributed by atoms with van der Waals surface area (Å²) in [6.45, 7) is 0.0943. The van der Waals surface area contributed by atoms with Gasteiger partial charge in [0.25, 0.3) is 5.69 Å². The number of hydrogen-bond acceptors (Lipinski definition) is 7. The molecule has 0 radical (unpaired) electrons. The molecule has 1 aromatic heterocycles. The lowest BCUT2D eigenvalue weighted by molar-refractivity contribution is -0.384. The van der Waals surface area contributed by atoms with Crippen molar-refractivity contribution in [3.05, 3.63) is 82.3 Å². The van der Waals surface area contributed by atoms with Crippen LogP contribution in [-0.4, -0.2) is 18.0 Å². The number of furan rings is 1. The van der Waals surface area contributed by atoms with E-state index in [2.05, 4.69) is 0 Å². The maximum Gasteiger partial charge on any atom is 0.380 e. The van der Waals surface area contributed by atoms with E-state index in [1.165, 1.54) is 25.5 Å². The Bertz CT molecular complexity index is 950. The zero-order valence-corrected chi connectivity index (χ0v) is 14.3. The van der Waals surface area contributed by atoms with Gasteiger partial charge in [0.1, 0.15) is 12.4 Å². The molecule has 0 fully saturated rings. The lowest BCUT2D eigenvalue weighted by Crippen LogP contribution is -2.11. The summed E-state index contributed by atoms with van der Waals surface area (Å²) in [5.74, 6) is -0.131. The number of esters is 1. The monoisotopic (exact) mass is 369 g/mol. The van der Waals surface area contributed by atoms with E-state index in [-0.39, 0.29) is 29.6 Å². The van der Waals surface area contributed by atoms with Crippen molar-refractivity contribution in [2.75, 3.05) is 7.11 Å². The third-order valence-corrected chi connectivity index (χ3v) is 3.63. The molecule has 27 heavy (non-hydrogen) atoms. The van der Waals surface area contributed by atoms with Crippen molar-refractivity contribution in [3.63, 3.8) is 0 Å². The Labute approximate surface area is 154 Å². The molecule has 3 rings (SSSR count). The molecule has 0 saturated heterocycles. The number of benzene rings is 2. The van der Waals surface area contributed by atoms with Gasteiger partial charge in [-0.05, 0) is 24.3 Å². The maximum absolute atomic E-state index is 12.5. The smallest absolute Gasteiger partial charge is 0.380 e. The van der Waals surface area contributed by atoms with Crippen molar-refractivity contribution in [3.8, 4) is 17.2 Å². The number of carbonyl (C=O) groups is 1. The lowest BCUT2D eigenvalue weighted by atomic mass is 10.2. The van der Waals surface area contributed by atoms with Crippen LogP contribution >= 0.6 is 0 Å². The average molecular weight is 369 g/mol. The van der Waals surface area contributed by atoms with Gasteiger partial charge in [-0.15, -0.1) is 0 Å². The van der Waals surface area contributed by atoms with Crippen molar-refractivity contribution in [2.24, 2.45) is 0 Å². The Morgan fingerprint density at radius 2 is 1.89 bits per heavy atom. The highest BCUT2D eigenvalue weighted by Crippen LogP contribution is 2.32. The van der Waals surface area contributed by atoms with Crippen LogP contribution in [0.15, 0.2) is 65.3 Å². The number of ether oxygens (including phenoxy) is 3. The number of nitrogens with zero attached hydrogens (tertiary/aromatic N) is 1. The minimum atomic E-state index is -0.814.